The molecule has 146 valence electrons. The van der Waals surface area contributed by atoms with Crippen molar-refractivity contribution in [3.63, 3.8) is 0 Å². The monoisotopic (exact) mass is 391 g/mol. The van der Waals surface area contributed by atoms with Gasteiger partial charge in [-0.25, -0.2) is 0 Å². The minimum absolute atomic E-state index is 0.646. The number of nitrogens with one attached hydrogen (secondary N) is 1. The summed E-state index contributed by atoms with van der Waals surface area (Å²) in [7, 11) is 0. The van der Waals surface area contributed by atoms with Gasteiger partial charge in [0.25, 0.3) is 0 Å². The summed E-state index contributed by atoms with van der Waals surface area (Å²) < 4.78 is 0. The fraction of sp³-hybridized carbons (Fsp3) is 0.120. The van der Waals surface area contributed by atoms with Crippen molar-refractivity contribution in [2.45, 2.75) is 12.0 Å². The molecule has 2 aromatic heterocycles. The van der Waals surface area contributed by atoms with Crippen molar-refractivity contribution in [1.29, 1.82) is 0 Å². The molecule has 1 aliphatic rings. The van der Waals surface area contributed by atoms with Crippen molar-refractivity contribution in [3.8, 4) is 0 Å². The molecule has 0 saturated heterocycles. The molecule has 1 aliphatic heterocycles. The van der Waals surface area contributed by atoms with E-state index >= 15 is 0 Å². The Kier molecular flexibility index (Phi) is 4.77. The number of nitrogens with zero attached hydrogens (tertiary/aromatic N) is 4. The van der Waals surface area contributed by atoms with Gasteiger partial charge in [0.15, 0.2) is 5.54 Å². The van der Waals surface area contributed by atoms with E-state index in [2.05, 4.69) is 38.6 Å². The van der Waals surface area contributed by atoms with Gasteiger partial charge in [-0.1, -0.05) is 42.5 Å². The van der Waals surface area contributed by atoms with Gasteiger partial charge in [0.05, 0.1) is 17.4 Å². The molecule has 30 heavy (non-hydrogen) atoms. The lowest BCUT2D eigenvalue weighted by molar-refractivity contribution is 0.523. The molecule has 0 bridgehead atoms. The first-order chi connectivity index (χ1) is 14.9. The highest BCUT2D eigenvalue weighted by atomic mass is 15.2. The van der Waals surface area contributed by atoms with Crippen LogP contribution < -0.4 is 5.32 Å². The van der Waals surface area contributed by atoms with E-state index in [9.17, 15) is 0 Å². The molecule has 0 aliphatic carbocycles. The molecule has 0 saturated carbocycles. The first-order valence-corrected chi connectivity index (χ1v) is 10.0. The van der Waals surface area contributed by atoms with E-state index in [4.69, 9.17) is 5.11 Å². The number of azo groups is 1. The topological polar surface area (TPSA) is 62.5 Å². The zero-order chi connectivity index (χ0) is 20.2. The van der Waals surface area contributed by atoms with Crippen molar-refractivity contribution in [2.75, 3.05) is 11.9 Å². The average molecular weight is 391 g/mol. The van der Waals surface area contributed by atoms with Crippen molar-refractivity contribution in [2.24, 2.45) is 10.2 Å². The summed E-state index contributed by atoms with van der Waals surface area (Å²) >= 11 is 0. The summed E-state index contributed by atoms with van der Waals surface area (Å²) in [5, 5.41) is 13.7. The van der Waals surface area contributed by atoms with E-state index in [1.54, 1.807) is 0 Å². The first-order valence-electron chi connectivity index (χ1n) is 10.0. The van der Waals surface area contributed by atoms with Crippen LogP contribution in [0.25, 0.3) is 16.5 Å². The summed E-state index contributed by atoms with van der Waals surface area (Å²) in [5.41, 5.74) is 4.44. The summed E-state index contributed by atoms with van der Waals surface area (Å²) in [6, 6.07) is 26.4. The molecule has 1 unspecified atom stereocenters. The number of benzene rings is 2. The molecule has 3 heterocycles. The lowest BCUT2D eigenvalue weighted by atomic mass is 9.80. The maximum atomic E-state index is 4.74. The highest BCUT2D eigenvalue weighted by molar-refractivity contribution is 5.94. The third kappa shape index (κ3) is 3.24. The maximum Gasteiger partial charge on any atom is 0.152 e. The number of pyridine rings is 2. The van der Waals surface area contributed by atoms with Crippen LogP contribution >= 0.6 is 0 Å². The van der Waals surface area contributed by atoms with Gasteiger partial charge in [-0.05, 0) is 42.0 Å². The summed E-state index contributed by atoms with van der Waals surface area (Å²) in [6.45, 7) is 0.736. The Morgan fingerprint density at radius 2 is 1.60 bits per heavy atom. The highest BCUT2D eigenvalue weighted by Crippen LogP contribution is 2.46. The molecule has 5 nitrogen and oxygen atoms in total. The Hall–Kier alpha value is -3.86. The molecule has 1 N–H and O–H groups in total. The van der Waals surface area contributed by atoms with Crippen LogP contribution in [0.4, 0.5) is 5.69 Å². The van der Waals surface area contributed by atoms with Gasteiger partial charge < -0.3 is 5.32 Å². The van der Waals surface area contributed by atoms with E-state index in [1.165, 1.54) is 0 Å². The third-order valence-electron chi connectivity index (χ3n) is 5.48. The smallest absolute Gasteiger partial charge is 0.152 e. The fourth-order valence-electron chi connectivity index (χ4n) is 4.02. The molecular weight excluding hydrogens is 370 g/mol. The van der Waals surface area contributed by atoms with Gasteiger partial charge in [0.1, 0.15) is 0 Å². The number of para-hydroxylation sites is 2. The molecular formula is C25H21N5. The molecule has 0 radical (unpaired) electrons. The van der Waals surface area contributed by atoms with Crippen LogP contribution in [0.3, 0.4) is 0 Å². The van der Waals surface area contributed by atoms with Crippen LogP contribution in [0.2, 0.25) is 0 Å². The van der Waals surface area contributed by atoms with Crippen LogP contribution in [0.5, 0.6) is 0 Å². The lowest BCUT2D eigenvalue weighted by Crippen LogP contribution is -2.28. The number of hydrogen-bond donors (Lipinski definition) is 1. The van der Waals surface area contributed by atoms with E-state index in [-0.39, 0.29) is 0 Å². The standard InChI is InChI=1S/C25H21N5/c1-2-8-19(9-3-1)26-17-14-25(24-12-6-7-15-28-24)22(18-29-30-25)20-13-16-27-23-11-5-4-10-21(20)23/h1-13,15-16,18,26H,14,17H2. The van der Waals surface area contributed by atoms with Crippen molar-refractivity contribution < 1.29 is 0 Å². The molecule has 0 spiro atoms. The predicted molar refractivity (Wildman–Crippen MR) is 120 cm³/mol. The van der Waals surface area contributed by atoms with Gasteiger partial charge >= 0.3 is 0 Å². The zero-order valence-corrected chi connectivity index (χ0v) is 16.4. The van der Waals surface area contributed by atoms with Gasteiger partial charge in [0, 0.05) is 42.0 Å². The maximum absolute atomic E-state index is 4.74. The van der Waals surface area contributed by atoms with E-state index in [0.717, 1.165) is 46.4 Å². The Morgan fingerprint density at radius 1 is 0.767 bits per heavy atom. The Balaban J connectivity index is 1.56. The fourth-order valence-corrected chi connectivity index (χ4v) is 4.02. The molecule has 5 rings (SSSR count). The van der Waals surface area contributed by atoms with Gasteiger partial charge in [-0.3, -0.25) is 9.97 Å². The minimum Gasteiger partial charge on any atom is -0.385 e. The van der Waals surface area contributed by atoms with Crippen molar-refractivity contribution in [1.82, 2.24) is 9.97 Å². The summed E-state index contributed by atoms with van der Waals surface area (Å²) in [6.07, 6.45) is 6.27. The quantitative estimate of drug-likeness (QED) is 0.449. The average Bonchev–Trinajstić information content (AvgIpc) is 3.25. The summed E-state index contributed by atoms with van der Waals surface area (Å²) in [4.78, 5) is 9.20. The molecule has 5 heteroatoms. The van der Waals surface area contributed by atoms with E-state index < -0.39 is 5.54 Å². The SMILES string of the molecule is C1=C(c2ccnc3ccccc23)C(CCNc2ccccc2)(c2ccccn2)N=N1. The number of hydrogen-bond acceptors (Lipinski definition) is 5. The van der Waals surface area contributed by atoms with Crippen LogP contribution in [0.15, 0.2) is 108 Å². The Bertz CT molecular complexity index is 1210. The molecule has 0 amide bonds. The van der Waals surface area contributed by atoms with Crippen molar-refractivity contribution >= 4 is 22.2 Å². The minimum atomic E-state index is -0.646. The van der Waals surface area contributed by atoms with E-state index in [1.807, 2.05) is 79.3 Å². The van der Waals surface area contributed by atoms with E-state index in [0.29, 0.717) is 0 Å². The van der Waals surface area contributed by atoms with Gasteiger partial charge in [-0.15, -0.1) is 0 Å². The van der Waals surface area contributed by atoms with Gasteiger partial charge in [-0.2, -0.15) is 10.2 Å². The molecule has 1 atom stereocenters. The second kappa shape index (κ2) is 7.87. The molecule has 4 aromatic rings. The Morgan fingerprint density at radius 3 is 2.47 bits per heavy atom. The zero-order valence-electron chi connectivity index (χ0n) is 16.4. The number of anilines is 1. The normalized spacial score (nSPS) is 17.8. The second-order valence-electron chi connectivity index (χ2n) is 7.25. The molecule has 0 fully saturated rings. The van der Waals surface area contributed by atoms with Crippen molar-refractivity contribution in [3.05, 3.63) is 109 Å². The first kappa shape index (κ1) is 18.2. The lowest BCUT2D eigenvalue weighted by Gasteiger charge is -2.28. The van der Waals surface area contributed by atoms with Gasteiger partial charge in [0.2, 0.25) is 0 Å². The molecule has 2 aromatic carbocycles. The van der Waals surface area contributed by atoms with Crippen LogP contribution in [-0.4, -0.2) is 16.5 Å². The number of fused-ring (bicyclic) bond motifs is 1. The third-order valence-corrected chi connectivity index (χ3v) is 5.48. The Labute approximate surface area is 175 Å². The van der Waals surface area contributed by atoms with Crippen LogP contribution in [0.1, 0.15) is 17.7 Å². The summed E-state index contributed by atoms with van der Waals surface area (Å²) in [5.74, 6) is 0. The number of rotatable bonds is 6. The van der Waals surface area contributed by atoms with Crippen LogP contribution in [-0.2, 0) is 5.54 Å². The highest BCUT2D eigenvalue weighted by Gasteiger charge is 2.41. The largest absolute Gasteiger partial charge is 0.385 e. The second-order valence-corrected chi connectivity index (χ2v) is 7.25. The predicted octanol–water partition coefficient (Wildman–Crippen LogP) is 5.83. The van der Waals surface area contributed by atoms with Crippen LogP contribution in [0, 0.1) is 0 Å². The number of aromatic nitrogens is 2.